The largest absolute Gasteiger partial charge is 0.335 e. The van der Waals surface area contributed by atoms with Crippen LogP contribution in [0.25, 0.3) is 5.82 Å². The zero-order chi connectivity index (χ0) is 15.4. The minimum absolute atomic E-state index is 0.153. The van der Waals surface area contributed by atoms with E-state index in [0.29, 0.717) is 11.7 Å². The molecule has 3 rings (SSSR count). The molecule has 2 heterocycles. The number of hydrogen-bond donors (Lipinski definition) is 2. The molecule has 0 atom stereocenters. The van der Waals surface area contributed by atoms with E-state index >= 15 is 0 Å². The van der Waals surface area contributed by atoms with E-state index in [9.17, 15) is 4.79 Å². The van der Waals surface area contributed by atoms with Crippen molar-refractivity contribution in [2.45, 2.75) is 45.1 Å². The Bertz CT molecular complexity index is 628. The normalized spacial score (nSPS) is 15.5. The van der Waals surface area contributed by atoms with Crippen molar-refractivity contribution in [2.24, 2.45) is 0 Å². The Morgan fingerprint density at radius 3 is 2.68 bits per heavy atom. The number of rotatable bonds is 3. The molecule has 2 aromatic heterocycles. The van der Waals surface area contributed by atoms with E-state index in [0.717, 1.165) is 24.5 Å². The van der Waals surface area contributed by atoms with Gasteiger partial charge in [-0.1, -0.05) is 19.3 Å². The third-order valence-electron chi connectivity index (χ3n) is 4.02. The van der Waals surface area contributed by atoms with Gasteiger partial charge in [0.25, 0.3) is 0 Å². The number of nitrogens with one attached hydrogen (secondary N) is 2. The highest BCUT2D eigenvalue weighted by atomic mass is 16.2. The number of anilines is 1. The lowest BCUT2D eigenvalue weighted by Gasteiger charge is -2.22. The number of hydrogen-bond acceptors (Lipinski definition) is 3. The van der Waals surface area contributed by atoms with E-state index in [2.05, 4.69) is 20.6 Å². The van der Waals surface area contributed by atoms with Gasteiger partial charge in [-0.25, -0.2) is 14.8 Å². The zero-order valence-corrected chi connectivity index (χ0v) is 12.7. The number of nitrogens with zero attached hydrogens (tertiary/aromatic N) is 3. The molecule has 0 aromatic carbocycles. The van der Waals surface area contributed by atoms with E-state index in [1.54, 1.807) is 12.4 Å². The lowest BCUT2D eigenvalue weighted by Crippen LogP contribution is -2.39. The van der Waals surface area contributed by atoms with Crippen LogP contribution < -0.4 is 10.6 Å². The fraction of sp³-hybridized carbons (Fsp3) is 0.438. The van der Waals surface area contributed by atoms with Crippen molar-refractivity contribution in [1.29, 1.82) is 0 Å². The molecule has 2 aromatic rings. The Morgan fingerprint density at radius 1 is 1.23 bits per heavy atom. The average molecular weight is 299 g/mol. The molecular weight excluding hydrogens is 278 g/mol. The van der Waals surface area contributed by atoms with Crippen LogP contribution in [0.3, 0.4) is 0 Å². The summed E-state index contributed by atoms with van der Waals surface area (Å²) in [6.07, 6.45) is 11.1. The molecule has 0 saturated heterocycles. The summed E-state index contributed by atoms with van der Waals surface area (Å²) in [6.45, 7) is 1.92. The van der Waals surface area contributed by atoms with Crippen LogP contribution in [0.15, 0.2) is 30.7 Å². The van der Waals surface area contributed by atoms with Gasteiger partial charge in [-0.2, -0.15) is 0 Å². The molecular formula is C16H21N5O. The Morgan fingerprint density at radius 2 is 2.05 bits per heavy atom. The summed E-state index contributed by atoms with van der Waals surface area (Å²) in [6, 6.07) is 3.86. The molecule has 2 N–H and O–H groups in total. The van der Waals surface area contributed by atoms with Crippen LogP contribution in [0.2, 0.25) is 0 Å². The third-order valence-corrected chi connectivity index (χ3v) is 4.02. The van der Waals surface area contributed by atoms with Crippen LogP contribution >= 0.6 is 0 Å². The second-order valence-corrected chi connectivity index (χ2v) is 5.68. The third kappa shape index (κ3) is 3.44. The highest BCUT2D eigenvalue weighted by molar-refractivity contribution is 5.89. The Balaban J connectivity index is 1.58. The summed E-state index contributed by atoms with van der Waals surface area (Å²) in [7, 11) is 0. The first kappa shape index (κ1) is 14.6. The van der Waals surface area contributed by atoms with Crippen LogP contribution in [-0.4, -0.2) is 26.6 Å². The van der Waals surface area contributed by atoms with Crippen molar-refractivity contribution in [3.05, 3.63) is 36.5 Å². The first-order chi connectivity index (χ1) is 10.7. The lowest BCUT2D eigenvalue weighted by atomic mass is 9.96. The van der Waals surface area contributed by atoms with E-state index in [1.807, 2.05) is 29.8 Å². The average Bonchev–Trinajstić information content (AvgIpc) is 2.95. The van der Waals surface area contributed by atoms with Crippen LogP contribution in [0.4, 0.5) is 10.5 Å². The predicted octanol–water partition coefficient (Wildman–Crippen LogP) is 3.03. The summed E-state index contributed by atoms with van der Waals surface area (Å²) in [4.78, 5) is 20.5. The summed E-state index contributed by atoms with van der Waals surface area (Å²) in [5.41, 5.74) is 0.690. The number of amides is 2. The Kier molecular flexibility index (Phi) is 4.37. The van der Waals surface area contributed by atoms with Crippen LogP contribution in [-0.2, 0) is 0 Å². The molecule has 6 nitrogen and oxygen atoms in total. The van der Waals surface area contributed by atoms with Crippen LogP contribution in [0.1, 0.15) is 37.9 Å². The van der Waals surface area contributed by atoms with Gasteiger partial charge >= 0.3 is 6.03 Å². The molecule has 0 unspecified atom stereocenters. The number of carbonyl (C=O) groups is 1. The first-order valence-electron chi connectivity index (χ1n) is 7.76. The Hall–Kier alpha value is -2.37. The molecule has 1 fully saturated rings. The SMILES string of the molecule is Cc1nccn1-c1ccc(NC(=O)NC2CCCCC2)cn1. The maximum absolute atomic E-state index is 12.0. The van der Waals surface area contributed by atoms with Crippen molar-refractivity contribution < 1.29 is 4.79 Å². The lowest BCUT2D eigenvalue weighted by molar-refractivity contribution is 0.244. The quantitative estimate of drug-likeness (QED) is 0.915. The molecule has 1 saturated carbocycles. The molecule has 1 aliphatic rings. The van der Waals surface area contributed by atoms with Crippen molar-refractivity contribution >= 4 is 11.7 Å². The smallest absolute Gasteiger partial charge is 0.319 e. The van der Waals surface area contributed by atoms with Gasteiger partial charge < -0.3 is 10.6 Å². The number of urea groups is 1. The zero-order valence-electron chi connectivity index (χ0n) is 12.7. The summed E-state index contributed by atoms with van der Waals surface area (Å²) in [5, 5.41) is 5.86. The van der Waals surface area contributed by atoms with E-state index in [-0.39, 0.29) is 6.03 Å². The maximum atomic E-state index is 12.0. The van der Waals surface area contributed by atoms with Crippen molar-refractivity contribution in [3.63, 3.8) is 0 Å². The molecule has 0 bridgehead atoms. The van der Waals surface area contributed by atoms with Gasteiger partial charge in [-0.3, -0.25) is 4.57 Å². The summed E-state index contributed by atoms with van der Waals surface area (Å²) in [5.74, 6) is 1.66. The number of carbonyl (C=O) groups excluding carboxylic acids is 1. The minimum atomic E-state index is -0.153. The summed E-state index contributed by atoms with van der Waals surface area (Å²) >= 11 is 0. The molecule has 0 spiro atoms. The number of imidazole rings is 1. The number of pyridine rings is 1. The molecule has 22 heavy (non-hydrogen) atoms. The van der Waals surface area contributed by atoms with E-state index < -0.39 is 0 Å². The molecule has 2 amide bonds. The van der Waals surface area contributed by atoms with Gasteiger partial charge in [0.2, 0.25) is 0 Å². The molecule has 1 aliphatic carbocycles. The van der Waals surface area contributed by atoms with Gasteiger partial charge in [-0.15, -0.1) is 0 Å². The second kappa shape index (κ2) is 6.60. The van der Waals surface area contributed by atoms with Gasteiger partial charge in [0.15, 0.2) is 0 Å². The van der Waals surface area contributed by atoms with Gasteiger partial charge in [0.05, 0.1) is 11.9 Å². The van der Waals surface area contributed by atoms with E-state index in [1.165, 1.54) is 19.3 Å². The molecule has 6 heteroatoms. The molecule has 116 valence electrons. The summed E-state index contributed by atoms with van der Waals surface area (Å²) < 4.78 is 1.89. The van der Waals surface area contributed by atoms with Crippen LogP contribution in [0.5, 0.6) is 0 Å². The van der Waals surface area contributed by atoms with Gasteiger partial charge in [-0.05, 0) is 31.9 Å². The van der Waals surface area contributed by atoms with Crippen molar-refractivity contribution in [1.82, 2.24) is 19.9 Å². The van der Waals surface area contributed by atoms with Gasteiger partial charge in [0.1, 0.15) is 11.6 Å². The Labute approximate surface area is 130 Å². The highest BCUT2D eigenvalue weighted by Gasteiger charge is 2.15. The topological polar surface area (TPSA) is 71.8 Å². The minimum Gasteiger partial charge on any atom is -0.335 e. The second-order valence-electron chi connectivity index (χ2n) is 5.68. The standard InChI is InChI=1S/C16H21N5O/c1-12-17-9-10-21(12)15-8-7-14(11-18-15)20-16(22)19-13-5-3-2-4-6-13/h7-11,13H,2-6H2,1H3,(H2,19,20,22). The van der Waals surface area contributed by atoms with Crippen molar-refractivity contribution in [2.75, 3.05) is 5.32 Å². The highest BCUT2D eigenvalue weighted by Crippen LogP contribution is 2.17. The van der Waals surface area contributed by atoms with E-state index in [4.69, 9.17) is 0 Å². The van der Waals surface area contributed by atoms with Gasteiger partial charge in [0, 0.05) is 18.4 Å². The predicted molar refractivity (Wildman–Crippen MR) is 85.1 cm³/mol. The fourth-order valence-electron chi connectivity index (χ4n) is 2.82. The number of aryl methyl sites for hydroxylation is 1. The van der Waals surface area contributed by atoms with Crippen LogP contribution in [0, 0.1) is 6.92 Å². The number of aromatic nitrogens is 3. The first-order valence-corrected chi connectivity index (χ1v) is 7.76. The fourth-order valence-corrected chi connectivity index (χ4v) is 2.82. The molecule has 0 aliphatic heterocycles. The maximum Gasteiger partial charge on any atom is 0.319 e. The molecule has 0 radical (unpaired) electrons. The monoisotopic (exact) mass is 299 g/mol. The van der Waals surface area contributed by atoms with Crippen molar-refractivity contribution in [3.8, 4) is 5.82 Å².